The summed E-state index contributed by atoms with van der Waals surface area (Å²) in [5.74, 6) is 1.45. The molecule has 5 nitrogen and oxygen atoms in total. The van der Waals surface area contributed by atoms with Gasteiger partial charge in [0.15, 0.2) is 0 Å². The molecule has 1 atom stereocenters. The second-order valence-electron chi connectivity index (χ2n) is 7.23. The van der Waals surface area contributed by atoms with Gasteiger partial charge in [0.25, 0.3) is 5.91 Å². The van der Waals surface area contributed by atoms with Crippen LogP contribution >= 0.6 is 0 Å². The van der Waals surface area contributed by atoms with Crippen LogP contribution in [-0.2, 0) is 0 Å². The Labute approximate surface area is 144 Å². The molecule has 1 aromatic carbocycles. The van der Waals surface area contributed by atoms with Crippen molar-refractivity contribution in [2.75, 3.05) is 33.8 Å². The van der Waals surface area contributed by atoms with E-state index in [0.717, 1.165) is 30.9 Å². The summed E-state index contributed by atoms with van der Waals surface area (Å²) in [5.41, 5.74) is 1.69. The molecule has 1 saturated carbocycles. The number of carbonyl (C=O) groups is 1. The second kappa shape index (κ2) is 7.11. The van der Waals surface area contributed by atoms with Crippen molar-refractivity contribution >= 4 is 5.91 Å². The van der Waals surface area contributed by atoms with E-state index < -0.39 is 0 Å². The molecule has 132 valence electrons. The van der Waals surface area contributed by atoms with E-state index in [2.05, 4.69) is 4.90 Å². The monoisotopic (exact) mass is 332 g/mol. The summed E-state index contributed by atoms with van der Waals surface area (Å²) in [6, 6.07) is 5.83. The van der Waals surface area contributed by atoms with Crippen molar-refractivity contribution in [2.45, 2.75) is 38.3 Å². The number of ether oxygens (including phenoxy) is 1. The molecule has 1 aliphatic heterocycles. The lowest BCUT2D eigenvalue weighted by molar-refractivity contribution is -0.0223. The summed E-state index contributed by atoms with van der Waals surface area (Å²) in [5, 5.41) is 9.51. The Hall–Kier alpha value is -1.59. The number of benzene rings is 1. The average Bonchev–Trinajstić information content (AvgIpc) is 2.49. The van der Waals surface area contributed by atoms with Gasteiger partial charge in [0.1, 0.15) is 5.75 Å². The molecular formula is C19H28N2O3. The highest BCUT2D eigenvalue weighted by atomic mass is 16.5. The largest absolute Gasteiger partial charge is 0.496 e. The van der Waals surface area contributed by atoms with Crippen LogP contribution < -0.4 is 4.74 Å². The third-order valence-electron chi connectivity index (χ3n) is 5.54. The highest BCUT2D eigenvalue weighted by Crippen LogP contribution is 2.33. The standard InChI is InChI=1S/C19H28N2O3/c1-13-9-15(7-8-18(13)24-3)19(23)20(2)17(14-5-4-6-14)12-21-10-16(22)11-21/h7-9,14,16-17,22H,4-6,10-12H2,1-3H3/t17-/m1/s1. The molecule has 1 heterocycles. The Morgan fingerprint density at radius 3 is 2.62 bits per heavy atom. The molecule has 1 amide bonds. The molecule has 1 aliphatic carbocycles. The molecule has 3 rings (SSSR count). The minimum absolute atomic E-state index is 0.0683. The van der Waals surface area contributed by atoms with Crippen molar-refractivity contribution in [3.63, 3.8) is 0 Å². The molecule has 0 spiro atoms. The van der Waals surface area contributed by atoms with Gasteiger partial charge in [-0.15, -0.1) is 0 Å². The number of methoxy groups -OCH3 is 1. The minimum Gasteiger partial charge on any atom is -0.496 e. The zero-order valence-corrected chi connectivity index (χ0v) is 14.9. The number of nitrogens with zero attached hydrogens (tertiary/aromatic N) is 2. The third-order valence-corrected chi connectivity index (χ3v) is 5.54. The molecule has 2 aliphatic rings. The van der Waals surface area contributed by atoms with Crippen LogP contribution in [0.4, 0.5) is 0 Å². The van der Waals surface area contributed by atoms with Crippen molar-refractivity contribution in [3.05, 3.63) is 29.3 Å². The number of rotatable bonds is 6. The van der Waals surface area contributed by atoms with Gasteiger partial charge in [-0.3, -0.25) is 9.69 Å². The molecule has 1 saturated heterocycles. The average molecular weight is 332 g/mol. The highest BCUT2D eigenvalue weighted by Gasteiger charge is 2.36. The van der Waals surface area contributed by atoms with Gasteiger partial charge in [0, 0.05) is 38.3 Å². The lowest BCUT2D eigenvalue weighted by atomic mass is 9.78. The van der Waals surface area contributed by atoms with E-state index in [1.54, 1.807) is 7.11 Å². The van der Waals surface area contributed by atoms with Gasteiger partial charge in [-0.25, -0.2) is 0 Å². The fraction of sp³-hybridized carbons (Fsp3) is 0.632. The molecule has 0 bridgehead atoms. The van der Waals surface area contributed by atoms with Crippen molar-refractivity contribution in [2.24, 2.45) is 5.92 Å². The molecule has 0 unspecified atom stereocenters. The third kappa shape index (κ3) is 3.42. The molecule has 24 heavy (non-hydrogen) atoms. The van der Waals surface area contributed by atoms with Gasteiger partial charge in [0.05, 0.1) is 13.2 Å². The number of hydrogen-bond donors (Lipinski definition) is 1. The van der Waals surface area contributed by atoms with Crippen LogP contribution in [0, 0.1) is 12.8 Å². The molecule has 2 fully saturated rings. The van der Waals surface area contributed by atoms with Gasteiger partial charge in [-0.05, 0) is 49.4 Å². The van der Waals surface area contributed by atoms with E-state index in [9.17, 15) is 9.90 Å². The van der Waals surface area contributed by atoms with Crippen molar-refractivity contribution in [1.82, 2.24) is 9.80 Å². The van der Waals surface area contributed by atoms with E-state index in [1.807, 2.05) is 37.1 Å². The van der Waals surface area contributed by atoms with Crippen molar-refractivity contribution < 1.29 is 14.6 Å². The van der Waals surface area contributed by atoms with E-state index in [4.69, 9.17) is 4.74 Å². The quantitative estimate of drug-likeness (QED) is 0.865. The van der Waals surface area contributed by atoms with Crippen LogP contribution in [0.5, 0.6) is 5.75 Å². The van der Waals surface area contributed by atoms with Gasteiger partial charge >= 0.3 is 0 Å². The van der Waals surface area contributed by atoms with E-state index >= 15 is 0 Å². The van der Waals surface area contributed by atoms with Crippen molar-refractivity contribution in [3.8, 4) is 5.75 Å². The first-order valence-electron chi connectivity index (χ1n) is 8.82. The Morgan fingerprint density at radius 1 is 1.42 bits per heavy atom. The lowest BCUT2D eigenvalue weighted by Gasteiger charge is -2.45. The van der Waals surface area contributed by atoms with Gasteiger partial charge in [0.2, 0.25) is 0 Å². The first kappa shape index (κ1) is 17.2. The summed E-state index contributed by atoms with van der Waals surface area (Å²) in [4.78, 5) is 17.1. The topological polar surface area (TPSA) is 53.0 Å². The van der Waals surface area contributed by atoms with Gasteiger partial charge in [-0.2, -0.15) is 0 Å². The highest BCUT2D eigenvalue weighted by molar-refractivity contribution is 5.94. The van der Waals surface area contributed by atoms with E-state index in [0.29, 0.717) is 11.5 Å². The van der Waals surface area contributed by atoms with Gasteiger partial charge in [-0.1, -0.05) is 6.42 Å². The first-order chi connectivity index (χ1) is 11.5. The lowest BCUT2D eigenvalue weighted by Crippen LogP contribution is -2.58. The first-order valence-corrected chi connectivity index (χ1v) is 8.82. The molecule has 1 aromatic rings. The Bertz CT molecular complexity index is 594. The Morgan fingerprint density at radius 2 is 2.12 bits per heavy atom. The number of aryl methyl sites for hydroxylation is 1. The van der Waals surface area contributed by atoms with Crippen LogP contribution in [0.1, 0.15) is 35.2 Å². The number of amides is 1. The Kier molecular flexibility index (Phi) is 5.11. The van der Waals surface area contributed by atoms with E-state index in [1.165, 1.54) is 19.3 Å². The minimum atomic E-state index is -0.197. The maximum absolute atomic E-state index is 13.0. The zero-order chi connectivity index (χ0) is 17.3. The fourth-order valence-electron chi connectivity index (χ4n) is 3.73. The number of β-amino-alcohol motifs (C(OH)–C–C–N with tert-alkyl or cyclic N) is 1. The fourth-order valence-corrected chi connectivity index (χ4v) is 3.73. The number of carbonyl (C=O) groups excluding carboxylic acids is 1. The number of hydrogen-bond acceptors (Lipinski definition) is 4. The van der Waals surface area contributed by atoms with Crippen LogP contribution in [-0.4, -0.2) is 66.8 Å². The van der Waals surface area contributed by atoms with Crippen molar-refractivity contribution in [1.29, 1.82) is 0 Å². The summed E-state index contributed by atoms with van der Waals surface area (Å²) in [6.07, 6.45) is 3.45. The maximum Gasteiger partial charge on any atom is 0.253 e. The zero-order valence-electron chi connectivity index (χ0n) is 14.9. The number of likely N-dealkylation sites (tertiary alicyclic amines) is 1. The summed E-state index contributed by atoms with van der Waals surface area (Å²) in [6.45, 7) is 4.28. The van der Waals surface area contributed by atoms with Gasteiger partial charge < -0.3 is 14.7 Å². The van der Waals surface area contributed by atoms with Crippen LogP contribution in [0.3, 0.4) is 0 Å². The number of aliphatic hydroxyl groups is 1. The smallest absolute Gasteiger partial charge is 0.253 e. The molecule has 0 aromatic heterocycles. The summed E-state index contributed by atoms with van der Waals surface area (Å²) >= 11 is 0. The Balaban J connectivity index is 1.72. The molecular weight excluding hydrogens is 304 g/mol. The number of likely N-dealkylation sites (N-methyl/N-ethyl adjacent to an activating group) is 1. The van der Waals surface area contributed by atoms with E-state index in [-0.39, 0.29) is 18.1 Å². The van der Waals surface area contributed by atoms with Crippen LogP contribution in [0.25, 0.3) is 0 Å². The van der Waals surface area contributed by atoms with Crippen LogP contribution in [0.2, 0.25) is 0 Å². The molecule has 1 N–H and O–H groups in total. The summed E-state index contributed by atoms with van der Waals surface area (Å²) < 4.78 is 5.28. The molecule has 5 heteroatoms. The summed E-state index contributed by atoms with van der Waals surface area (Å²) in [7, 11) is 3.56. The van der Waals surface area contributed by atoms with Crippen LogP contribution in [0.15, 0.2) is 18.2 Å². The normalized spacial score (nSPS) is 20.2. The second-order valence-corrected chi connectivity index (χ2v) is 7.23. The predicted octanol–water partition coefficient (Wildman–Crippen LogP) is 1.92. The maximum atomic E-state index is 13.0. The molecule has 0 radical (unpaired) electrons. The SMILES string of the molecule is COc1ccc(C(=O)N(C)[C@H](CN2CC(O)C2)C2CCC2)cc1C. The predicted molar refractivity (Wildman–Crippen MR) is 93.4 cm³/mol. The number of aliphatic hydroxyl groups excluding tert-OH is 1.